The van der Waals surface area contributed by atoms with Crippen molar-refractivity contribution in [3.63, 3.8) is 0 Å². The van der Waals surface area contributed by atoms with E-state index in [0.29, 0.717) is 5.56 Å². The van der Waals surface area contributed by atoms with Crippen molar-refractivity contribution in [2.24, 2.45) is 0 Å². The standard InChI is InChI=1S/C14H16FNO3/c1-10(2)7-14(18)19-9-13(17)16-8-11-5-3-4-6-12(11)15/h3-7H,8-9H2,1-2H3,(H,16,17). The van der Waals surface area contributed by atoms with E-state index in [-0.39, 0.29) is 19.0 Å². The number of carbonyl (C=O) groups excluding carboxylic acids is 2. The lowest BCUT2D eigenvalue weighted by Crippen LogP contribution is -2.28. The van der Waals surface area contributed by atoms with Crippen LogP contribution in [0.15, 0.2) is 35.9 Å². The summed E-state index contributed by atoms with van der Waals surface area (Å²) >= 11 is 0. The first-order valence-corrected chi connectivity index (χ1v) is 5.81. The molecule has 1 aromatic carbocycles. The number of halogens is 1. The number of ether oxygens (including phenoxy) is 1. The first-order chi connectivity index (χ1) is 8.99. The third-order valence-corrected chi connectivity index (χ3v) is 2.19. The van der Waals surface area contributed by atoms with Crippen LogP contribution in [0, 0.1) is 5.82 Å². The van der Waals surface area contributed by atoms with Gasteiger partial charge in [-0.3, -0.25) is 4.79 Å². The highest BCUT2D eigenvalue weighted by Gasteiger charge is 2.06. The zero-order valence-corrected chi connectivity index (χ0v) is 10.9. The average Bonchev–Trinajstić information content (AvgIpc) is 2.34. The summed E-state index contributed by atoms with van der Waals surface area (Å²) in [5.74, 6) is -1.43. The maximum Gasteiger partial charge on any atom is 0.331 e. The molecule has 0 heterocycles. The number of rotatable bonds is 5. The summed E-state index contributed by atoms with van der Waals surface area (Å²) in [7, 11) is 0. The normalized spacial score (nSPS) is 9.63. The van der Waals surface area contributed by atoms with E-state index in [0.717, 1.165) is 5.57 Å². The molecule has 0 saturated carbocycles. The molecule has 0 bridgehead atoms. The van der Waals surface area contributed by atoms with E-state index < -0.39 is 11.9 Å². The molecule has 19 heavy (non-hydrogen) atoms. The average molecular weight is 265 g/mol. The second-order valence-electron chi connectivity index (χ2n) is 4.20. The minimum atomic E-state index is -0.568. The highest BCUT2D eigenvalue weighted by molar-refractivity contribution is 5.86. The Morgan fingerprint density at radius 1 is 1.32 bits per heavy atom. The van der Waals surface area contributed by atoms with E-state index >= 15 is 0 Å². The van der Waals surface area contributed by atoms with Crippen molar-refractivity contribution in [2.45, 2.75) is 20.4 Å². The number of nitrogens with one attached hydrogen (secondary N) is 1. The lowest BCUT2D eigenvalue weighted by Gasteiger charge is -2.06. The van der Waals surface area contributed by atoms with Crippen LogP contribution in [0.4, 0.5) is 4.39 Å². The van der Waals surface area contributed by atoms with Crippen molar-refractivity contribution in [1.29, 1.82) is 0 Å². The number of hydrogen-bond donors (Lipinski definition) is 1. The van der Waals surface area contributed by atoms with Crippen molar-refractivity contribution >= 4 is 11.9 Å². The molecule has 0 aliphatic heterocycles. The van der Waals surface area contributed by atoms with Gasteiger partial charge in [0.2, 0.25) is 0 Å². The molecular formula is C14H16FNO3. The van der Waals surface area contributed by atoms with E-state index in [9.17, 15) is 14.0 Å². The molecule has 0 radical (unpaired) electrons. The molecule has 0 saturated heterocycles. The molecule has 0 spiro atoms. The van der Waals surface area contributed by atoms with Gasteiger partial charge in [-0.2, -0.15) is 0 Å². The zero-order valence-electron chi connectivity index (χ0n) is 10.9. The molecule has 5 heteroatoms. The van der Waals surface area contributed by atoms with E-state index in [2.05, 4.69) is 5.32 Å². The molecule has 1 aromatic rings. The molecule has 0 aromatic heterocycles. The van der Waals surface area contributed by atoms with Gasteiger partial charge in [0.25, 0.3) is 5.91 Å². The number of amides is 1. The van der Waals surface area contributed by atoms with Gasteiger partial charge in [0.05, 0.1) is 0 Å². The number of esters is 1. The Labute approximate surface area is 111 Å². The van der Waals surface area contributed by atoms with Crippen LogP contribution in [-0.2, 0) is 20.9 Å². The number of benzene rings is 1. The van der Waals surface area contributed by atoms with Crippen LogP contribution < -0.4 is 5.32 Å². The van der Waals surface area contributed by atoms with Crippen molar-refractivity contribution in [3.8, 4) is 0 Å². The maximum absolute atomic E-state index is 13.3. The Balaban J connectivity index is 2.35. The fraction of sp³-hybridized carbons (Fsp3) is 0.286. The molecule has 4 nitrogen and oxygen atoms in total. The summed E-state index contributed by atoms with van der Waals surface area (Å²) in [6, 6.07) is 6.14. The van der Waals surface area contributed by atoms with Crippen LogP contribution in [0.2, 0.25) is 0 Å². The van der Waals surface area contributed by atoms with Crippen LogP contribution in [0.3, 0.4) is 0 Å². The fourth-order valence-electron chi connectivity index (χ4n) is 1.30. The molecule has 1 rings (SSSR count). The monoisotopic (exact) mass is 265 g/mol. The van der Waals surface area contributed by atoms with Crippen molar-refractivity contribution < 1.29 is 18.7 Å². The summed E-state index contributed by atoms with van der Waals surface area (Å²) < 4.78 is 18.0. The predicted molar refractivity (Wildman–Crippen MR) is 68.6 cm³/mol. The molecule has 0 aliphatic rings. The highest BCUT2D eigenvalue weighted by Crippen LogP contribution is 2.05. The van der Waals surface area contributed by atoms with Gasteiger partial charge < -0.3 is 10.1 Å². The van der Waals surface area contributed by atoms with Crippen molar-refractivity contribution in [1.82, 2.24) is 5.32 Å². The smallest absolute Gasteiger partial charge is 0.331 e. The Bertz CT molecular complexity index is 493. The Hall–Kier alpha value is -2.17. The summed E-state index contributed by atoms with van der Waals surface area (Å²) in [6.45, 7) is 3.18. The number of hydrogen-bond acceptors (Lipinski definition) is 3. The first kappa shape index (κ1) is 14.9. The van der Waals surface area contributed by atoms with E-state index in [1.807, 2.05) is 0 Å². The predicted octanol–water partition coefficient (Wildman–Crippen LogP) is 1.95. The van der Waals surface area contributed by atoms with Gasteiger partial charge in [0.1, 0.15) is 5.82 Å². The molecular weight excluding hydrogens is 249 g/mol. The molecule has 0 aliphatic carbocycles. The molecule has 0 atom stereocenters. The van der Waals surface area contributed by atoms with Gasteiger partial charge in [0, 0.05) is 18.2 Å². The molecule has 0 unspecified atom stereocenters. The van der Waals surface area contributed by atoms with Gasteiger partial charge >= 0.3 is 5.97 Å². The van der Waals surface area contributed by atoms with Crippen LogP contribution in [0.1, 0.15) is 19.4 Å². The Kier molecular flexibility index (Phi) is 5.73. The SMILES string of the molecule is CC(C)=CC(=O)OCC(=O)NCc1ccccc1F. The molecule has 0 fully saturated rings. The summed E-state index contributed by atoms with van der Waals surface area (Å²) in [6.07, 6.45) is 1.30. The second-order valence-corrected chi connectivity index (χ2v) is 4.20. The lowest BCUT2D eigenvalue weighted by molar-refractivity contribution is -0.143. The van der Waals surface area contributed by atoms with Crippen molar-refractivity contribution in [2.75, 3.05) is 6.61 Å². The minimum Gasteiger partial charge on any atom is -0.452 e. The Morgan fingerprint density at radius 3 is 2.63 bits per heavy atom. The minimum absolute atomic E-state index is 0.0612. The fourth-order valence-corrected chi connectivity index (χ4v) is 1.30. The van der Waals surface area contributed by atoms with Gasteiger partial charge in [-0.25, -0.2) is 9.18 Å². The third-order valence-electron chi connectivity index (χ3n) is 2.19. The summed E-state index contributed by atoms with van der Waals surface area (Å²) in [5.41, 5.74) is 1.17. The largest absolute Gasteiger partial charge is 0.452 e. The van der Waals surface area contributed by atoms with E-state index in [1.165, 1.54) is 12.1 Å². The molecule has 102 valence electrons. The maximum atomic E-state index is 13.3. The van der Waals surface area contributed by atoms with Crippen LogP contribution >= 0.6 is 0 Å². The van der Waals surface area contributed by atoms with Gasteiger partial charge in [-0.1, -0.05) is 23.8 Å². The first-order valence-electron chi connectivity index (χ1n) is 5.81. The van der Waals surface area contributed by atoms with E-state index in [4.69, 9.17) is 4.74 Å². The second kappa shape index (κ2) is 7.31. The van der Waals surface area contributed by atoms with Gasteiger partial charge in [-0.15, -0.1) is 0 Å². The van der Waals surface area contributed by atoms with Crippen LogP contribution in [-0.4, -0.2) is 18.5 Å². The quantitative estimate of drug-likeness (QED) is 0.654. The molecule has 1 N–H and O–H groups in total. The molecule has 1 amide bonds. The van der Waals surface area contributed by atoms with E-state index in [1.54, 1.807) is 32.0 Å². The van der Waals surface area contributed by atoms with Crippen molar-refractivity contribution in [3.05, 3.63) is 47.3 Å². The summed E-state index contributed by atoms with van der Waals surface area (Å²) in [4.78, 5) is 22.5. The summed E-state index contributed by atoms with van der Waals surface area (Å²) in [5, 5.41) is 2.47. The lowest BCUT2D eigenvalue weighted by atomic mass is 10.2. The van der Waals surface area contributed by atoms with Crippen LogP contribution in [0.25, 0.3) is 0 Å². The third kappa shape index (κ3) is 5.81. The number of allylic oxidation sites excluding steroid dienone is 1. The Morgan fingerprint density at radius 2 is 2.00 bits per heavy atom. The van der Waals surface area contributed by atoms with Gasteiger partial charge in [-0.05, 0) is 19.9 Å². The van der Waals surface area contributed by atoms with Gasteiger partial charge in [0.15, 0.2) is 6.61 Å². The topological polar surface area (TPSA) is 55.4 Å². The zero-order chi connectivity index (χ0) is 14.3. The number of carbonyl (C=O) groups is 2. The highest BCUT2D eigenvalue weighted by atomic mass is 19.1. The van der Waals surface area contributed by atoms with Crippen LogP contribution in [0.5, 0.6) is 0 Å².